The zero-order valence-electron chi connectivity index (χ0n) is 19.4. The molecule has 0 amide bonds. The van der Waals surface area contributed by atoms with Crippen LogP contribution < -0.4 is 10.5 Å². The van der Waals surface area contributed by atoms with Crippen LogP contribution in [0.25, 0.3) is 28.1 Å². The minimum atomic E-state index is -4.58. The van der Waals surface area contributed by atoms with Crippen LogP contribution in [0.1, 0.15) is 22.7 Å². The second-order valence-electron chi connectivity index (χ2n) is 8.00. The van der Waals surface area contributed by atoms with E-state index in [9.17, 15) is 13.2 Å². The maximum Gasteiger partial charge on any atom is 0.433 e. The highest BCUT2D eigenvalue weighted by atomic mass is 19.4. The summed E-state index contributed by atoms with van der Waals surface area (Å²) in [6.07, 6.45) is -3.77. The van der Waals surface area contributed by atoms with E-state index in [0.717, 1.165) is 12.5 Å². The average Bonchev–Trinajstić information content (AvgIpc) is 3.30. The van der Waals surface area contributed by atoms with Gasteiger partial charge in [-0.2, -0.15) is 13.2 Å². The highest BCUT2D eigenvalue weighted by Crippen LogP contribution is 2.37. The van der Waals surface area contributed by atoms with Gasteiger partial charge in [-0.1, -0.05) is 36.9 Å². The van der Waals surface area contributed by atoms with Crippen molar-refractivity contribution in [2.24, 2.45) is 5.73 Å². The Bertz CT molecular complexity index is 1350. The number of fused-ring (bicyclic) bond motifs is 1. The summed E-state index contributed by atoms with van der Waals surface area (Å²) in [5.74, 6) is 0.860. The fraction of sp³-hybridized carbons (Fsp3) is 0.231. The number of pyridine rings is 1. The molecule has 2 heterocycles. The van der Waals surface area contributed by atoms with E-state index < -0.39 is 11.9 Å². The van der Waals surface area contributed by atoms with E-state index in [0.29, 0.717) is 34.6 Å². The summed E-state index contributed by atoms with van der Waals surface area (Å²) >= 11 is 0. The van der Waals surface area contributed by atoms with E-state index in [-0.39, 0.29) is 23.7 Å². The predicted molar refractivity (Wildman–Crippen MR) is 128 cm³/mol. The molecule has 0 fully saturated rings. The largest absolute Gasteiger partial charge is 0.494 e. The molecule has 182 valence electrons. The molecular formula is C26H25F3N4O2. The number of hydrogen-bond acceptors (Lipinski definition) is 6. The topological polar surface area (TPSA) is 77.4 Å². The summed E-state index contributed by atoms with van der Waals surface area (Å²) in [6, 6.07) is 15.6. The fourth-order valence-corrected chi connectivity index (χ4v) is 3.79. The Balaban J connectivity index is 1.69. The summed E-state index contributed by atoms with van der Waals surface area (Å²) in [5.41, 5.74) is 7.78. The molecule has 6 nitrogen and oxygen atoms in total. The number of oxazole rings is 1. The van der Waals surface area contributed by atoms with Crippen molar-refractivity contribution in [3.63, 3.8) is 0 Å². The van der Waals surface area contributed by atoms with Crippen LogP contribution in [-0.2, 0) is 19.1 Å². The number of benzene rings is 2. The average molecular weight is 483 g/mol. The van der Waals surface area contributed by atoms with Gasteiger partial charge < -0.3 is 19.8 Å². The number of nitrogens with two attached hydrogens (primary N) is 1. The Morgan fingerprint density at radius 3 is 2.49 bits per heavy atom. The van der Waals surface area contributed by atoms with Gasteiger partial charge in [0.2, 0.25) is 5.89 Å². The Kier molecular flexibility index (Phi) is 6.79. The van der Waals surface area contributed by atoms with Gasteiger partial charge in [0.05, 0.1) is 19.4 Å². The molecule has 35 heavy (non-hydrogen) atoms. The third kappa shape index (κ3) is 5.00. The lowest BCUT2D eigenvalue weighted by Gasteiger charge is -2.20. The quantitative estimate of drug-likeness (QED) is 0.356. The molecule has 0 unspecified atom stereocenters. The number of nitrogens with zero attached hydrogens (tertiary/aromatic N) is 3. The van der Waals surface area contributed by atoms with Gasteiger partial charge in [-0.25, -0.2) is 9.97 Å². The SMILES string of the molecule is C=C(c1nc(-c2ccc(OC)c3nc(C(F)(F)F)ccc23)oc1CN)N(C)CCc1ccccc1. The van der Waals surface area contributed by atoms with Crippen molar-refractivity contribution < 1.29 is 22.3 Å². The van der Waals surface area contributed by atoms with Crippen molar-refractivity contribution in [2.75, 3.05) is 20.7 Å². The maximum absolute atomic E-state index is 13.3. The molecule has 2 aromatic heterocycles. The predicted octanol–water partition coefficient (Wildman–Crippen LogP) is 5.52. The molecule has 0 saturated heterocycles. The summed E-state index contributed by atoms with van der Waals surface area (Å²) < 4.78 is 50.9. The molecule has 0 aliphatic heterocycles. The first kappa shape index (κ1) is 24.3. The molecule has 4 rings (SSSR count). The number of rotatable bonds is 8. The van der Waals surface area contributed by atoms with E-state index in [1.807, 2.05) is 30.1 Å². The zero-order chi connectivity index (χ0) is 25.2. The fourth-order valence-electron chi connectivity index (χ4n) is 3.79. The van der Waals surface area contributed by atoms with Crippen LogP contribution in [0.2, 0.25) is 0 Å². The minimum absolute atomic E-state index is 0.0627. The summed E-state index contributed by atoms with van der Waals surface area (Å²) in [5, 5.41) is 0.414. The minimum Gasteiger partial charge on any atom is -0.494 e. The molecule has 0 aliphatic carbocycles. The van der Waals surface area contributed by atoms with Crippen LogP contribution in [0.5, 0.6) is 5.75 Å². The van der Waals surface area contributed by atoms with Gasteiger partial charge in [-0.15, -0.1) is 0 Å². The van der Waals surface area contributed by atoms with Gasteiger partial charge in [0.15, 0.2) is 0 Å². The van der Waals surface area contributed by atoms with Crippen LogP contribution in [0.15, 0.2) is 65.6 Å². The molecule has 0 spiro atoms. The van der Waals surface area contributed by atoms with E-state index >= 15 is 0 Å². The van der Waals surface area contributed by atoms with Crippen molar-refractivity contribution in [3.8, 4) is 17.2 Å². The Hall–Kier alpha value is -3.85. The van der Waals surface area contributed by atoms with Gasteiger partial charge in [0.25, 0.3) is 0 Å². The van der Waals surface area contributed by atoms with Crippen LogP contribution in [0.3, 0.4) is 0 Å². The number of alkyl halides is 3. The van der Waals surface area contributed by atoms with Crippen LogP contribution in [0, 0.1) is 0 Å². The van der Waals surface area contributed by atoms with E-state index in [1.54, 1.807) is 6.07 Å². The second-order valence-corrected chi connectivity index (χ2v) is 8.00. The van der Waals surface area contributed by atoms with Gasteiger partial charge >= 0.3 is 6.18 Å². The number of likely N-dealkylation sites (N-methyl/N-ethyl adjacent to an activating group) is 1. The monoisotopic (exact) mass is 482 g/mol. The van der Waals surface area contributed by atoms with Crippen molar-refractivity contribution in [1.82, 2.24) is 14.9 Å². The molecular weight excluding hydrogens is 457 g/mol. The van der Waals surface area contributed by atoms with Gasteiger partial charge in [0.1, 0.15) is 28.4 Å². The number of hydrogen-bond donors (Lipinski definition) is 1. The Morgan fingerprint density at radius 2 is 1.83 bits per heavy atom. The Morgan fingerprint density at radius 1 is 1.09 bits per heavy atom. The highest BCUT2D eigenvalue weighted by molar-refractivity contribution is 5.96. The lowest BCUT2D eigenvalue weighted by atomic mass is 10.1. The molecule has 0 radical (unpaired) electrons. The van der Waals surface area contributed by atoms with Crippen molar-refractivity contribution in [2.45, 2.75) is 19.1 Å². The third-order valence-corrected chi connectivity index (χ3v) is 5.76. The number of methoxy groups -OCH3 is 1. The molecule has 0 bridgehead atoms. The smallest absolute Gasteiger partial charge is 0.433 e. The number of aromatic nitrogens is 2. The lowest BCUT2D eigenvalue weighted by molar-refractivity contribution is -0.140. The molecule has 0 atom stereocenters. The molecule has 4 aromatic rings. The summed E-state index contributed by atoms with van der Waals surface area (Å²) in [4.78, 5) is 10.4. The van der Waals surface area contributed by atoms with E-state index in [1.165, 1.54) is 24.8 Å². The van der Waals surface area contributed by atoms with E-state index in [2.05, 4.69) is 28.7 Å². The van der Waals surface area contributed by atoms with Crippen LogP contribution >= 0.6 is 0 Å². The lowest BCUT2D eigenvalue weighted by Crippen LogP contribution is -2.20. The third-order valence-electron chi connectivity index (χ3n) is 5.76. The Labute approximate surface area is 200 Å². The van der Waals surface area contributed by atoms with Gasteiger partial charge in [-0.05, 0) is 36.2 Å². The van der Waals surface area contributed by atoms with Crippen LogP contribution in [0.4, 0.5) is 13.2 Å². The number of halogens is 3. The van der Waals surface area contributed by atoms with Crippen molar-refractivity contribution in [3.05, 3.63) is 83.9 Å². The van der Waals surface area contributed by atoms with Gasteiger partial charge in [0, 0.05) is 24.5 Å². The van der Waals surface area contributed by atoms with Crippen molar-refractivity contribution >= 4 is 16.6 Å². The molecule has 0 aliphatic rings. The van der Waals surface area contributed by atoms with Crippen molar-refractivity contribution in [1.29, 1.82) is 0 Å². The maximum atomic E-state index is 13.3. The highest BCUT2D eigenvalue weighted by Gasteiger charge is 2.33. The molecule has 0 saturated carbocycles. The summed E-state index contributed by atoms with van der Waals surface area (Å²) in [7, 11) is 3.28. The van der Waals surface area contributed by atoms with E-state index in [4.69, 9.17) is 14.9 Å². The first-order valence-corrected chi connectivity index (χ1v) is 10.9. The first-order valence-electron chi connectivity index (χ1n) is 10.9. The molecule has 2 aromatic carbocycles. The molecule has 9 heteroatoms. The standard InChI is InChI=1S/C26H25F3N4O2/c1-16(33(2)14-13-17-7-5-4-6-8-17)23-21(15-30)35-25(32-23)19-9-11-20(34-3)24-18(19)10-12-22(31-24)26(27,28)29/h4-12H,1,13-15,30H2,2-3H3. The molecule has 2 N–H and O–H groups in total. The first-order chi connectivity index (χ1) is 16.7. The van der Waals surface area contributed by atoms with Crippen LogP contribution in [-0.4, -0.2) is 35.6 Å². The second kappa shape index (κ2) is 9.79. The summed E-state index contributed by atoms with van der Waals surface area (Å²) in [6.45, 7) is 4.95. The van der Waals surface area contributed by atoms with Gasteiger partial charge in [-0.3, -0.25) is 0 Å². The number of ether oxygens (including phenoxy) is 1. The zero-order valence-corrected chi connectivity index (χ0v) is 19.4. The normalized spacial score (nSPS) is 11.6.